The Morgan fingerprint density at radius 1 is 1.21 bits per heavy atom. The molecule has 0 aliphatic rings. The van der Waals surface area contributed by atoms with E-state index in [0.717, 1.165) is 33.5 Å². The summed E-state index contributed by atoms with van der Waals surface area (Å²) in [6, 6.07) is 6.31. The molecule has 0 aliphatic carbocycles. The van der Waals surface area contributed by atoms with Crippen LogP contribution < -0.4 is 0 Å². The predicted octanol–water partition coefficient (Wildman–Crippen LogP) is 4.97. The molecule has 1 aromatic heterocycles. The summed E-state index contributed by atoms with van der Waals surface area (Å²) in [5, 5.41) is 0.551. The molecule has 1 aromatic carbocycles. The van der Waals surface area contributed by atoms with Crippen molar-refractivity contribution in [2.45, 2.75) is 33.6 Å². The molecule has 0 amide bonds. The fourth-order valence-corrected chi connectivity index (χ4v) is 2.66. The number of rotatable bonds is 3. The molecule has 4 heteroatoms. The van der Waals surface area contributed by atoms with Crippen molar-refractivity contribution in [3.8, 4) is 11.4 Å². The van der Waals surface area contributed by atoms with Gasteiger partial charge >= 0.3 is 0 Å². The first-order valence-corrected chi connectivity index (χ1v) is 7.78. The van der Waals surface area contributed by atoms with E-state index in [-0.39, 0.29) is 0 Å². The van der Waals surface area contributed by atoms with Gasteiger partial charge in [0.25, 0.3) is 0 Å². The molecule has 1 heterocycles. The minimum Gasteiger partial charge on any atom is -0.232 e. The number of nitrogens with zero attached hydrogens (tertiary/aromatic N) is 2. The zero-order chi connectivity index (χ0) is 14.0. The van der Waals surface area contributed by atoms with Crippen LogP contribution in [-0.2, 0) is 6.42 Å². The number of halogens is 2. The van der Waals surface area contributed by atoms with E-state index < -0.39 is 0 Å². The van der Waals surface area contributed by atoms with Gasteiger partial charge in [-0.1, -0.05) is 42.6 Å². The molecular formula is C15H16ClIN2. The highest BCUT2D eigenvalue weighted by molar-refractivity contribution is 14.1. The maximum Gasteiger partial charge on any atom is 0.161 e. The van der Waals surface area contributed by atoms with E-state index in [4.69, 9.17) is 16.6 Å². The zero-order valence-electron chi connectivity index (χ0n) is 11.3. The van der Waals surface area contributed by atoms with E-state index in [1.54, 1.807) is 0 Å². The van der Waals surface area contributed by atoms with Crippen LogP contribution in [0.2, 0.25) is 5.15 Å². The topological polar surface area (TPSA) is 25.8 Å². The summed E-state index contributed by atoms with van der Waals surface area (Å²) in [6.45, 7) is 6.29. The van der Waals surface area contributed by atoms with Crippen molar-refractivity contribution >= 4 is 34.2 Å². The normalized spacial score (nSPS) is 10.8. The van der Waals surface area contributed by atoms with Crippen LogP contribution in [0.5, 0.6) is 0 Å². The van der Waals surface area contributed by atoms with Crippen LogP contribution in [0.4, 0.5) is 0 Å². The zero-order valence-corrected chi connectivity index (χ0v) is 14.2. The van der Waals surface area contributed by atoms with Gasteiger partial charge in [-0.05, 0) is 54.5 Å². The van der Waals surface area contributed by atoms with Gasteiger partial charge in [0, 0.05) is 5.56 Å². The molecule has 0 saturated heterocycles. The summed E-state index contributed by atoms with van der Waals surface area (Å²) < 4.78 is 0.968. The Bertz CT molecular complexity index is 611. The molecule has 2 aromatic rings. The summed E-state index contributed by atoms with van der Waals surface area (Å²) in [5.74, 6) is 0.732. The van der Waals surface area contributed by atoms with Crippen LogP contribution in [-0.4, -0.2) is 9.97 Å². The van der Waals surface area contributed by atoms with Crippen molar-refractivity contribution in [3.05, 3.63) is 43.7 Å². The SMILES string of the molecule is CCCc1nc(-c2cc(C)ccc2C)nc(Cl)c1I. The largest absolute Gasteiger partial charge is 0.232 e. The fraction of sp³-hybridized carbons (Fsp3) is 0.333. The second-order valence-corrected chi connectivity index (χ2v) is 6.10. The molecular weight excluding hydrogens is 371 g/mol. The first-order chi connectivity index (χ1) is 9.02. The maximum absolute atomic E-state index is 6.24. The van der Waals surface area contributed by atoms with Gasteiger partial charge in [0.15, 0.2) is 5.82 Å². The molecule has 0 fully saturated rings. The van der Waals surface area contributed by atoms with Crippen molar-refractivity contribution in [1.29, 1.82) is 0 Å². The standard InChI is InChI=1S/C15H16ClIN2/c1-4-5-12-13(17)14(16)19-15(18-12)11-8-9(2)6-7-10(11)3/h6-8H,4-5H2,1-3H3. The Morgan fingerprint density at radius 2 is 1.95 bits per heavy atom. The molecule has 0 bridgehead atoms. The highest BCUT2D eigenvalue weighted by Gasteiger charge is 2.13. The van der Waals surface area contributed by atoms with Gasteiger partial charge < -0.3 is 0 Å². The Balaban J connectivity index is 2.59. The third-order valence-electron chi connectivity index (χ3n) is 3.00. The second-order valence-electron chi connectivity index (χ2n) is 4.67. The summed E-state index contributed by atoms with van der Waals surface area (Å²) in [4.78, 5) is 9.13. The Kier molecular flexibility index (Phi) is 4.79. The molecule has 0 N–H and O–H groups in total. The van der Waals surface area contributed by atoms with Crippen molar-refractivity contribution < 1.29 is 0 Å². The number of hydrogen-bond acceptors (Lipinski definition) is 2. The van der Waals surface area contributed by atoms with Crippen LogP contribution in [0.15, 0.2) is 18.2 Å². The third-order valence-corrected chi connectivity index (χ3v) is 4.73. The van der Waals surface area contributed by atoms with Crippen molar-refractivity contribution in [2.75, 3.05) is 0 Å². The van der Waals surface area contributed by atoms with Crippen LogP contribution in [0.25, 0.3) is 11.4 Å². The molecule has 2 nitrogen and oxygen atoms in total. The van der Waals surface area contributed by atoms with E-state index in [2.05, 4.69) is 66.5 Å². The molecule has 100 valence electrons. The summed E-state index contributed by atoms with van der Waals surface area (Å²) in [5.41, 5.74) is 4.48. The van der Waals surface area contributed by atoms with Crippen LogP contribution in [0.1, 0.15) is 30.2 Å². The lowest BCUT2D eigenvalue weighted by atomic mass is 10.0. The quantitative estimate of drug-likeness (QED) is 0.550. The molecule has 0 radical (unpaired) electrons. The average molecular weight is 387 g/mol. The molecule has 19 heavy (non-hydrogen) atoms. The van der Waals surface area contributed by atoms with Crippen LogP contribution in [0.3, 0.4) is 0 Å². The summed E-state index contributed by atoms with van der Waals surface area (Å²) >= 11 is 8.46. The average Bonchev–Trinajstić information content (AvgIpc) is 2.38. The minimum atomic E-state index is 0.551. The van der Waals surface area contributed by atoms with Crippen molar-refractivity contribution in [1.82, 2.24) is 9.97 Å². The lowest BCUT2D eigenvalue weighted by Gasteiger charge is -2.10. The summed E-state index contributed by atoms with van der Waals surface area (Å²) in [7, 11) is 0. The monoisotopic (exact) mass is 386 g/mol. The van der Waals surface area contributed by atoms with E-state index in [1.807, 2.05) is 0 Å². The van der Waals surface area contributed by atoms with Gasteiger partial charge in [-0.2, -0.15) is 0 Å². The fourth-order valence-electron chi connectivity index (χ4n) is 1.96. The number of aromatic nitrogens is 2. The van der Waals surface area contributed by atoms with E-state index in [9.17, 15) is 0 Å². The molecule has 0 spiro atoms. The molecule has 0 aliphatic heterocycles. The number of aryl methyl sites for hydroxylation is 3. The lowest BCUT2D eigenvalue weighted by molar-refractivity contribution is 0.867. The lowest BCUT2D eigenvalue weighted by Crippen LogP contribution is -2.01. The Labute approximate surface area is 132 Å². The minimum absolute atomic E-state index is 0.551. The predicted molar refractivity (Wildman–Crippen MR) is 88.7 cm³/mol. The highest BCUT2D eigenvalue weighted by atomic mass is 127. The number of hydrogen-bond donors (Lipinski definition) is 0. The van der Waals surface area contributed by atoms with Gasteiger partial charge in [0.05, 0.1) is 9.26 Å². The molecule has 0 saturated carbocycles. The first-order valence-electron chi connectivity index (χ1n) is 6.32. The number of benzene rings is 1. The second kappa shape index (κ2) is 6.18. The van der Waals surface area contributed by atoms with Gasteiger partial charge in [0.2, 0.25) is 0 Å². The first kappa shape index (κ1) is 14.7. The highest BCUT2D eigenvalue weighted by Crippen LogP contribution is 2.27. The Morgan fingerprint density at radius 3 is 2.63 bits per heavy atom. The molecule has 0 unspecified atom stereocenters. The van der Waals surface area contributed by atoms with E-state index >= 15 is 0 Å². The third kappa shape index (κ3) is 3.26. The van der Waals surface area contributed by atoms with Crippen molar-refractivity contribution in [2.24, 2.45) is 0 Å². The summed E-state index contributed by atoms with van der Waals surface area (Å²) in [6.07, 6.45) is 1.98. The van der Waals surface area contributed by atoms with Crippen LogP contribution in [0, 0.1) is 17.4 Å². The maximum atomic E-state index is 6.24. The van der Waals surface area contributed by atoms with E-state index in [0.29, 0.717) is 5.15 Å². The van der Waals surface area contributed by atoms with Gasteiger partial charge in [-0.15, -0.1) is 0 Å². The van der Waals surface area contributed by atoms with Gasteiger partial charge in [0.1, 0.15) is 5.15 Å². The molecule has 0 atom stereocenters. The van der Waals surface area contributed by atoms with Crippen LogP contribution >= 0.6 is 34.2 Å². The van der Waals surface area contributed by atoms with Gasteiger partial charge in [-0.25, -0.2) is 9.97 Å². The van der Waals surface area contributed by atoms with Crippen molar-refractivity contribution in [3.63, 3.8) is 0 Å². The van der Waals surface area contributed by atoms with Gasteiger partial charge in [-0.3, -0.25) is 0 Å². The van der Waals surface area contributed by atoms with E-state index in [1.165, 1.54) is 11.1 Å². The smallest absolute Gasteiger partial charge is 0.161 e. The molecule has 2 rings (SSSR count). The Hall–Kier alpha value is -0.680.